The Balaban J connectivity index is 3.71. The number of rotatable bonds is 2. The number of hydrogen-bond donors (Lipinski definition) is 0. The Labute approximate surface area is 60.9 Å². The lowest BCUT2D eigenvalue weighted by Gasteiger charge is -2.05. The molecule has 0 aliphatic heterocycles. The third-order valence-electron chi connectivity index (χ3n) is 0.882. The van der Waals surface area contributed by atoms with E-state index in [0.29, 0.717) is 0 Å². The molecular formula is C5H10Cl2Si. The smallest absolute Gasteiger partial charge is 0.140 e. The second-order valence-corrected chi connectivity index (χ2v) is 8.80. The minimum atomic E-state index is -1.91. The molecule has 0 aliphatic rings. The van der Waals surface area contributed by atoms with Crippen LogP contribution >= 0.6 is 22.2 Å². The summed E-state index contributed by atoms with van der Waals surface area (Å²) in [4.78, 5) is 0. The van der Waals surface area contributed by atoms with Crippen molar-refractivity contribution in [3.63, 3.8) is 0 Å². The zero-order valence-corrected chi connectivity index (χ0v) is 7.63. The van der Waals surface area contributed by atoms with E-state index in [2.05, 4.69) is 0 Å². The SMILES string of the molecule is CC=C[Si](Cl)(Cl)CC. The van der Waals surface area contributed by atoms with E-state index in [1.165, 1.54) is 0 Å². The maximum absolute atomic E-state index is 5.84. The van der Waals surface area contributed by atoms with E-state index in [4.69, 9.17) is 22.2 Å². The first-order chi connectivity index (χ1) is 3.62. The van der Waals surface area contributed by atoms with Crippen LogP contribution in [0.25, 0.3) is 0 Å². The van der Waals surface area contributed by atoms with Gasteiger partial charge in [0.2, 0.25) is 0 Å². The van der Waals surface area contributed by atoms with Crippen LogP contribution in [0.2, 0.25) is 6.04 Å². The fraction of sp³-hybridized carbons (Fsp3) is 0.600. The standard InChI is InChI=1S/C5H10Cl2Si/c1-3-5-8(6,7)4-2/h3,5H,4H2,1-2H3. The van der Waals surface area contributed by atoms with E-state index < -0.39 is 6.69 Å². The predicted octanol–water partition coefficient (Wildman–Crippen LogP) is 3.04. The minimum Gasteiger partial charge on any atom is -0.140 e. The second kappa shape index (κ2) is 3.54. The van der Waals surface area contributed by atoms with Gasteiger partial charge in [-0.25, -0.2) is 0 Å². The van der Waals surface area contributed by atoms with Crippen LogP contribution < -0.4 is 0 Å². The second-order valence-electron chi connectivity index (χ2n) is 1.61. The van der Waals surface area contributed by atoms with Crippen molar-refractivity contribution in [3.05, 3.63) is 11.8 Å². The molecule has 0 aromatic carbocycles. The number of hydrogen-bond acceptors (Lipinski definition) is 0. The molecule has 48 valence electrons. The average Bonchev–Trinajstić information content (AvgIpc) is 1.67. The summed E-state index contributed by atoms with van der Waals surface area (Å²) in [5, 5.41) is 0. The molecule has 0 radical (unpaired) electrons. The third-order valence-corrected chi connectivity index (χ3v) is 5.01. The first kappa shape index (κ1) is 8.54. The molecule has 0 N–H and O–H groups in total. The van der Waals surface area contributed by atoms with E-state index >= 15 is 0 Å². The largest absolute Gasteiger partial charge is 0.273 e. The molecule has 0 spiro atoms. The molecule has 0 saturated heterocycles. The minimum absolute atomic E-state index is 0.889. The molecule has 0 fully saturated rings. The van der Waals surface area contributed by atoms with Crippen LogP contribution in [0.4, 0.5) is 0 Å². The van der Waals surface area contributed by atoms with Crippen LogP contribution in [0.15, 0.2) is 11.8 Å². The highest BCUT2D eigenvalue weighted by molar-refractivity contribution is 7.47. The zero-order chi connectivity index (χ0) is 6.62. The first-order valence-electron chi connectivity index (χ1n) is 2.64. The Kier molecular flexibility index (Phi) is 3.78. The maximum Gasteiger partial charge on any atom is 0.273 e. The summed E-state index contributed by atoms with van der Waals surface area (Å²) in [6.45, 7) is 2.03. The van der Waals surface area contributed by atoms with Crippen molar-refractivity contribution < 1.29 is 0 Å². The summed E-state index contributed by atoms with van der Waals surface area (Å²) in [5.41, 5.74) is 1.91. The van der Waals surface area contributed by atoms with Crippen molar-refractivity contribution in [2.24, 2.45) is 0 Å². The van der Waals surface area contributed by atoms with Crippen molar-refractivity contribution in [2.75, 3.05) is 0 Å². The molecule has 0 atom stereocenters. The van der Waals surface area contributed by atoms with Gasteiger partial charge in [0.25, 0.3) is 6.69 Å². The van der Waals surface area contributed by atoms with Crippen LogP contribution in [0.5, 0.6) is 0 Å². The molecule has 0 bridgehead atoms. The fourth-order valence-electron chi connectivity index (χ4n) is 0.362. The van der Waals surface area contributed by atoms with Gasteiger partial charge in [-0.15, -0.1) is 22.2 Å². The number of halogens is 2. The summed E-state index contributed by atoms with van der Waals surface area (Å²) in [5.74, 6) is 0. The highest BCUT2D eigenvalue weighted by atomic mass is 35.7. The molecule has 0 unspecified atom stereocenters. The van der Waals surface area contributed by atoms with Gasteiger partial charge in [0.15, 0.2) is 0 Å². The number of allylic oxidation sites excluding steroid dienone is 1. The van der Waals surface area contributed by atoms with Crippen LogP contribution in [-0.4, -0.2) is 6.69 Å². The highest BCUT2D eigenvalue weighted by Crippen LogP contribution is 2.20. The molecule has 0 heterocycles. The van der Waals surface area contributed by atoms with E-state index in [-0.39, 0.29) is 0 Å². The van der Waals surface area contributed by atoms with Crippen molar-refractivity contribution in [3.8, 4) is 0 Å². The summed E-state index contributed by atoms with van der Waals surface area (Å²) >= 11 is 11.7. The van der Waals surface area contributed by atoms with Gasteiger partial charge < -0.3 is 0 Å². The van der Waals surface area contributed by atoms with Crippen molar-refractivity contribution >= 4 is 28.9 Å². The van der Waals surface area contributed by atoms with Crippen LogP contribution in [0.1, 0.15) is 13.8 Å². The Bertz CT molecular complexity index is 88.4. The Morgan fingerprint density at radius 2 is 2.00 bits per heavy atom. The Morgan fingerprint density at radius 3 is 2.12 bits per heavy atom. The molecule has 0 nitrogen and oxygen atoms in total. The lowest BCUT2D eigenvalue weighted by Crippen LogP contribution is -2.12. The van der Waals surface area contributed by atoms with Crippen LogP contribution in [0.3, 0.4) is 0 Å². The van der Waals surface area contributed by atoms with Crippen LogP contribution in [0, 0.1) is 0 Å². The first-order valence-corrected chi connectivity index (χ1v) is 6.95. The fourth-order valence-corrected chi connectivity index (χ4v) is 1.84. The summed E-state index contributed by atoms with van der Waals surface area (Å²) in [6, 6.07) is 0.889. The van der Waals surface area contributed by atoms with E-state index in [0.717, 1.165) is 6.04 Å². The average molecular weight is 169 g/mol. The Morgan fingerprint density at radius 1 is 1.50 bits per heavy atom. The van der Waals surface area contributed by atoms with Crippen molar-refractivity contribution in [1.82, 2.24) is 0 Å². The molecule has 0 aliphatic carbocycles. The van der Waals surface area contributed by atoms with Gasteiger partial charge in [-0.1, -0.05) is 18.7 Å². The van der Waals surface area contributed by atoms with E-state index in [1.807, 2.05) is 25.6 Å². The highest BCUT2D eigenvalue weighted by Gasteiger charge is 2.20. The van der Waals surface area contributed by atoms with Crippen LogP contribution in [-0.2, 0) is 0 Å². The van der Waals surface area contributed by atoms with Gasteiger partial charge in [-0.05, 0) is 13.0 Å². The lowest BCUT2D eigenvalue weighted by molar-refractivity contribution is 1.44. The summed E-state index contributed by atoms with van der Waals surface area (Å²) < 4.78 is 0. The molecule has 0 aromatic heterocycles. The molecule has 0 amide bonds. The molecular weight excluding hydrogens is 159 g/mol. The van der Waals surface area contributed by atoms with Gasteiger partial charge in [0.1, 0.15) is 0 Å². The quantitative estimate of drug-likeness (QED) is 0.440. The Hall–Kier alpha value is 0.537. The van der Waals surface area contributed by atoms with E-state index in [9.17, 15) is 0 Å². The van der Waals surface area contributed by atoms with Gasteiger partial charge >= 0.3 is 0 Å². The van der Waals surface area contributed by atoms with Gasteiger partial charge in [0, 0.05) is 0 Å². The molecule has 0 rings (SSSR count). The summed E-state index contributed by atoms with van der Waals surface area (Å²) in [7, 11) is 0. The van der Waals surface area contributed by atoms with Crippen molar-refractivity contribution in [1.29, 1.82) is 0 Å². The van der Waals surface area contributed by atoms with Crippen molar-refractivity contribution in [2.45, 2.75) is 19.9 Å². The maximum atomic E-state index is 5.84. The molecule has 3 heteroatoms. The summed E-state index contributed by atoms with van der Waals surface area (Å²) in [6.07, 6.45) is 1.91. The van der Waals surface area contributed by atoms with E-state index in [1.54, 1.807) is 0 Å². The van der Waals surface area contributed by atoms with Gasteiger partial charge in [-0.2, -0.15) is 0 Å². The predicted molar refractivity (Wildman–Crippen MR) is 42.8 cm³/mol. The molecule has 8 heavy (non-hydrogen) atoms. The van der Waals surface area contributed by atoms with Gasteiger partial charge in [-0.3, -0.25) is 0 Å². The lowest BCUT2D eigenvalue weighted by atomic mass is 10.8. The topological polar surface area (TPSA) is 0 Å². The normalized spacial score (nSPS) is 13.0. The molecule has 0 aromatic rings. The van der Waals surface area contributed by atoms with Gasteiger partial charge in [0.05, 0.1) is 0 Å². The third kappa shape index (κ3) is 3.53. The monoisotopic (exact) mass is 168 g/mol. The molecule has 0 saturated carbocycles. The zero-order valence-electron chi connectivity index (χ0n) is 5.12.